The maximum atomic E-state index is 12.1. The van der Waals surface area contributed by atoms with E-state index in [1.807, 2.05) is 4.90 Å². The first-order chi connectivity index (χ1) is 9.59. The van der Waals surface area contributed by atoms with Crippen LogP contribution in [0.1, 0.15) is 31.4 Å². The summed E-state index contributed by atoms with van der Waals surface area (Å²) >= 11 is 1.13. The molecule has 0 saturated carbocycles. The zero-order valence-corrected chi connectivity index (χ0v) is 12.2. The van der Waals surface area contributed by atoms with E-state index < -0.39 is 4.92 Å². The number of carbonyl (C=O) groups is 1. The van der Waals surface area contributed by atoms with E-state index >= 15 is 0 Å². The van der Waals surface area contributed by atoms with E-state index in [-0.39, 0.29) is 22.4 Å². The Labute approximate surface area is 121 Å². The van der Waals surface area contributed by atoms with Crippen molar-refractivity contribution >= 4 is 23.4 Å². The summed E-state index contributed by atoms with van der Waals surface area (Å²) < 4.78 is 0. The molecular formula is C12H18N4O3S. The molecule has 7 nitrogen and oxygen atoms in total. The molecule has 1 aliphatic rings. The standard InChI is InChI=1S/C12H18N4O3S/c1-9-11(16(18)19)12(14-13-9)20-8-10(17)15-6-4-2-3-5-7-15/h2-8H2,1H3,(H,13,14). The maximum Gasteiger partial charge on any atom is 0.323 e. The van der Waals surface area contributed by atoms with Crippen LogP contribution in [-0.4, -0.2) is 44.8 Å². The molecule has 0 aliphatic carbocycles. The van der Waals surface area contributed by atoms with Crippen molar-refractivity contribution < 1.29 is 9.72 Å². The fourth-order valence-corrected chi connectivity index (χ4v) is 3.18. The minimum Gasteiger partial charge on any atom is -0.342 e. The summed E-state index contributed by atoms with van der Waals surface area (Å²) in [7, 11) is 0. The van der Waals surface area contributed by atoms with Gasteiger partial charge in [0.15, 0.2) is 5.03 Å². The first-order valence-corrected chi connectivity index (χ1v) is 7.68. The van der Waals surface area contributed by atoms with E-state index in [0.29, 0.717) is 5.69 Å². The number of likely N-dealkylation sites (tertiary alicyclic amines) is 1. The summed E-state index contributed by atoms with van der Waals surface area (Å²) in [5.41, 5.74) is 0.387. The average molecular weight is 298 g/mol. The van der Waals surface area contributed by atoms with Gasteiger partial charge in [0, 0.05) is 13.1 Å². The fourth-order valence-electron chi connectivity index (χ4n) is 2.26. The Hall–Kier alpha value is -1.57. The van der Waals surface area contributed by atoms with Gasteiger partial charge in [0.2, 0.25) is 5.91 Å². The van der Waals surface area contributed by atoms with Crippen LogP contribution in [0.5, 0.6) is 0 Å². The number of H-pyrrole nitrogens is 1. The molecule has 1 amide bonds. The summed E-state index contributed by atoms with van der Waals surface area (Å²) in [4.78, 5) is 24.4. The number of aryl methyl sites for hydroxylation is 1. The van der Waals surface area contributed by atoms with Crippen LogP contribution in [-0.2, 0) is 4.79 Å². The monoisotopic (exact) mass is 298 g/mol. The summed E-state index contributed by atoms with van der Waals surface area (Å²) in [5.74, 6) is 0.234. The van der Waals surface area contributed by atoms with Crippen LogP contribution < -0.4 is 0 Å². The van der Waals surface area contributed by atoms with Crippen molar-refractivity contribution in [2.75, 3.05) is 18.8 Å². The summed E-state index contributed by atoms with van der Waals surface area (Å²) in [6.45, 7) is 3.19. The first-order valence-electron chi connectivity index (χ1n) is 6.69. The molecule has 1 aromatic rings. The summed E-state index contributed by atoms with van der Waals surface area (Å²) in [5, 5.41) is 17.7. The van der Waals surface area contributed by atoms with Crippen LogP contribution in [0.3, 0.4) is 0 Å². The zero-order valence-electron chi connectivity index (χ0n) is 11.4. The van der Waals surface area contributed by atoms with E-state index in [1.54, 1.807) is 6.92 Å². The molecule has 0 radical (unpaired) electrons. The number of aromatic amines is 1. The Balaban J connectivity index is 1.94. The Morgan fingerprint density at radius 2 is 2.05 bits per heavy atom. The van der Waals surface area contributed by atoms with Crippen LogP contribution >= 0.6 is 11.8 Å². The highest BCUT2D eigenvalue weighted by Gasteiger charge is 2.23. The van der Waals surface area contributed by atoms with Crippen molar-refractivity contribution in [1.29, 1.82) is 0 Å². The molecule has 2 rings (SSSR count). The number of hydrogen-bond acceptors (Lipinski definition) is 5. The second kappa shape index (κ2) is 6.74. The minimum atomic E-state index is -0.461. The highest BCUT2D eigenvalue weighted by Crippen LogP contribution is 2.29. The number of aromatic nitrogens is 2. The predicted octanol–water partition coefficient (Wildman–Crippen LogP) is 2.12. The number of nitrogens with zero attached hydrogens (tertiary/aromatic N) is 3. The van der Waals surface area contributed by atoms with Gasteiger partial charge in [-0.3, -0.25) is 20.0 Å². The van der Waals surface area contributed by atoms with Crippen molar-refractivity contribution in [2.45, 2.75) is 37.6 Å². The lowest BCUT2D eigenvalue weighted by Gasteiger charge is -2.19. The lowest BCUT2D eigenvalue weighted by atomic mass is 10.2. The minimum absolute atomic E-state index is 0.0290. The Kier molecular flexibility index (Phi) is 4.99. The van der Waals surface area contributed by atoms with Crippen molar-refractivity contribution in [3.05, 3.63) is 15.8 Å². The summed E-state index contributed by atoms with van der Waals surface area (Å²) in [6.07, 6.45) is 4.41. The largest absolute Gasteiger partial charge is 0.342 e. The SMILES string of the molecule is Cc1[nH]nc(SCC(=O)N2CCCCCC2)c1[N+](=O)[O-]. The van der Waals surface area contributed by atoms with Gasteiger partial charge in [-0.05, 0) is 19.8 Å². The fraction of sp³-hybridized carbons (Fsp3) is 0.667. The Bertz CT molecular complexity index is 495. The van der Waals surface area contributed by atoms with Gasteiger partial charge in [0.25, 0.3) is 0 Å². The van der Waals surface area contributed by atoms with Gasteiger partial charge in [-0.25, -0.2) is 0 Å². The van der Waals surface area contributed by atoms with Crippen LogP contribution in [0.15, 0.2) is 5.03 Å². The van der Waals surface area contributed by atoms with Gasteiger partial charge in [0.05, 0.1) is 10.7 Å². The molecule has 1 aromatic heterocycles. The molecule has 0 spiro atoms. The molecule has 8 heteroatoms. The predicted molar refractivity (Wildman–Crippen MR) is 75.8 cm³/mol. The van der Waals surface area contributed by atoms with E-state index in [2.05, 4.69) is 10.2 Å². The van der Waals surface area contributed by atoms with Crippen molar-refractivity contribution in [3.63, 3.8) is 0 Å². The molecule has 0 unspecified atom stereocenters. The Morgan fingerprint density at radius 3 is 2.65 bits per heavy atom. The summed E-state index contributed by atoms with van der Waals surface area (Å²) in [6, 6.07) is 0. The molecule has 20 heavy (non-hydrogen) atoms. The van der Waals surface area contributed by atoms with E-state index in [0.717, 1.165) is 37.7 Å². The van der Waals surface area contributed by atoms with Crippen molar-refractivity contribution in [3.8, 4) is 0 Å². The van der Waals surface area contributed by atoms with E-state index in [9.17, 15) is 14.9 Å². The molecule has 1 aliphatic heterocycles. The van der Waals surface area contributed by atoms with Gasteiger partial charge in [0.1, 0.15) is 5.69 Å². The normalized spacial score (nSPS) is 15.9. The molecule has 0 atom stereocenters. The highest BCUT2D eigenvalue weighted by atomic mass is 32.2. The lowest BCUT2D eigenvalue weighted by molar-refractivity contribution is -0.388. The highest BCUT2D eigenvalue weighted by molar-refractivity contribution is 8.00. The third kappa shape index (κ3) is 3.50. The second-order valence-corrected chi connectivity index (χ2v) is 5.81. The van der Waals surface area contributed by atoms with Crippen molar-refractivity contribution in [1.82, 2.24) is 15.1 Å². The van der Waals surface area contributed by atoms with Crippen LogP contribution in [0.4, 0.5) is 5.69 Å². The number of nitro groups is 1. The maximum absolute atomic E-state index is 12.1. The molecule has 0 bridgehead atoms. The van der Waals surface area contributed by atoms with Gasteiger partial charge in [-0.1, -0.05) is 24.6 Å². The Morgan fingerprint density at radius 1 is 1.40 bits per heavy atom. The van der Waals surface area contributed by atoms with Crippen LogP contribution in [0.25, 0.3) is 0 Å². The number of carbonyl (C=O) groups excluding carboxylic acids is 1. The topological polar surface area (TPSA) is 92.1 Å². The zero-order chi connectivity index (χ0) is 14.5. The first kappa shape index (κ1) is 14.8. The van der Waals surface area contributed by atoms with E-state index in [1.165, 1.54) is 12.8 Å². The third-order valence-electron chi connectivity index (χ3n) is 3.36. The molecule has 0 aromatic carbocycles. The van der Waals surface area contributed by atoms with Gasteiger partial charge in [-0.15, -0.1) is 0 Å². The molecule has 2 heterocycles. The third-order valence-corrected chi connectivity index (χ3v) is 4.31. The number of nitrogens with one attached hydrogen (secondary N) is 1. The average Bonchev–Trinajstić information content (AvgIpc) is 2.64. The number of hydrogen-bond donors (Lipinski definition) is 1. The van der Waals surface area contributed by atoms with Crippen LogP contribution in [0, 0.1) is 17.0 Å². The molecule has 1 saturated heterocycles. The van der Waals surface area contributed by atoms with Gasteiger partial charge < -0.3 is 4.90 Å². The van der Waals surface area contributed by atoms with Gasteiger partial charge in [-0.2, -0.15) is 5.10 Å². The lowest BCUT2D eigenvalue weighted by Crippen LogP contribution is -2.33. The second-order valence-electron chi connectivity index (χ2n) is 4.84. The van der Waals surface area contributed by atoms with Crippen LogP contribution in [0.2, 0.25) is 0 Å². The number of thioether (sulfide) groups is 1. The van der Waals surface area contributed by atoms with Gasteiger partial charge >= 0.3 is 5.69 Å². The van der Waals surface area contributed by atoms with Crippen molar-refractivity contribution in [2.24, 2.45) is 0 Å². The molecule has 1 fully saturated rings. The molecular weight excluding hydrogens is 280 g/mol. The van der Waals surface area contributed by atoms with E-state index in [4.69, 9.17) is 0 Å². The quantitative estimate of drug-likeness (QED) is 0.522. The molecule has 1 N–H and O–H groups in total. The molecule has 110 valence electrons. The smallest absolute Gasteiger partial charge is 0.323 e. The number of amides is 1. The number of rotatable bonds is 4.